The zero-order valence-corrected chi connectivity index (χ0v) is 22.9. The fourth-order valence-electron chi connectivity index (χ4n) is 6.15. The van der Waals surface area contributed by atoms with E-state index >= 15 is 0 Å². The molecule has 8 nitrogen and oxygen atoms in total. The normalized spacial score (nSPS) is 20.6. The van der Waals surface area contributed by atoms with Crippen LogP contribution in [0.5, 0.6) is 5.75 Å². The minimum absolute atomic E-state index is 0.0116. The van der Waals surface area contributed by atoms with Crippen molar-refractivity contribution in [1.29, 1.82) is 0 Å². The SMILES string of the molecule is O=C(N[C@@H](Cc1ccccc1)[C@H](O)CN[C@H]1CC2(CCC2)Oc2cnccc21)c1ccc(F)c(N2CCCC2=O)c1. The zero-order valence-electron chi connectivity index (χ0n) is 22.9. The largest absolute Gasteiger partial charge is 0.485 e. The average Bonchev–Trinajstić information content (AvgIpc) is 3.40. The van der Waals surface area contributed by atoms with Gasteiger partial charge >= 0.3 is 0 Å². The standard InChI is InChI=1S/C32H35FN4O4/c33-24-10-9-22(17-27(24)37-15-4-8-30(37)39)31(40)36-25(16-21-6-2-1-3-7-21)28(38)19-35-26-18-32(12-5-13-32)41-29-20-34-14-11-23(26)29/h1-3,6-7,9-11,14,17,20,25-26,28,35,38H,4-5,8,12-13,15-16,18-19H2,(H,36,40)/t25-,26-,28+/m0/s1. The molecule has 41 heavy (non-hydrogen) atoms. The second kappa shape index (κ2) is 11.6. The molecule has 2 aliphatic heterocycles. The Balaban J connectivity index is 1.19. The topological polar surface area (TPSA) is 104 Å². The summed E-state index contributed by atoms with van der Waals surface area (Å²) < 4.78 is 20.9. The minimum Gasteiger partial charge on any atom is -0.485 e. The number of benzene rings is 2. The molecule has 3 aromatic rings. The number of aliphatic hydroxyl groups is 1. The zero-order chi connectivity index (χ0) is 28.4. The highest BCUT2D eigenvalue weighted by Crippen LogP contribution is 2.48. The maximum Gasteiger partial charge on any atom is 0.251 e. The Labute approximate surface area is 238 Å². The summed E-state index contributed by atoms with van der Waals surface area (Å²) in [5, 5.41) is 17.9. The van der Waals surface area contributed by atoms with Crippen LogP contribution in [0.4, 0.5) is 10.1 Å². The van der Waals surface area contributed by atoms with Crippen LogP contribution in [0.3, 0.4) is 0 Å². The van der Waals surface area contributed by atoms with E-state index in [9.17, 15) is 19.1 Å². The summed E-state index contributed by atoms with van der Waals surface area (Å²) in [6, 6.07) is 15.0. The molecule has 1 saturated heterocycles. The van der Waals surface area contributed by atoms with E-state index in [0.29, 0.717) is 25.8 Å². The van der Waals surface area contributed by atoms with Gasteiger partial charge in [0, 0.05) is 49.3 Å². The predicted octanol–water partition coefficient (Wildman–Crippen LogP) is 4.09. The predicted molar refractivity (Wildman–Crippen MR) is 152 cm³/mol. The highest BCUT2D eigenvalue weighted by molar-refractivity contribution is 5.99. The lowest BCUT2D eigenvalue weighted by atomic mass is 9.73. The maximum absolute atomic E-state index is 14.6. The van der Waals surface area contributed by atoms with Crippen molar-refractivity contribution < 1.29 is 23.8 Å². The number of aliphatic hydroxyl groups excluding tert-OH is 1. The van der Waals surface area contributed by atoms with Gasteiger partial charge in [0.2, 0.25) is 5.91 Å². The van der Waals surface area contributed by atoms with Gasteiger partial charge in [-0.05, 0) is 61.9 Å². The average molecular weight is 559 g/mol. The summed E-state index contributed by atoms with van der Waals surface area (Å²) in [5.74, 6) is -0.353. The third-order valence-electron chi connectivity index (χ3n) is 8.58. The van der Waals surface area contributed by atoms with Crippen molar-refractivity contribution in [1.82, 2.24) is 15.6 Å². The van der Waals surface area contributed by atoms with Crippen LogP contribution in [0.25, 0.3) is 0 Å². The van der Waals surface area contributed by atoms with E-state index in [4.69, 9.17) is 4.74 Å². The van der Waals surface area contributed by atoms with Crippen LogP contribution in [0.1, 0.15) is 66.1 Å². The molecule has 2 amide bonds. The Bertz CT molecular complexity index is 1410. The minimum atomic E-state index is -0.912. The summed E-state index contributed by atoms with van der Waals surface area (Å²) in [4.78, 5) is 31.3. The van der Waals surface area contributed by atoms with E-state index in [1.54, 1.807) is 12.4 Å². The van der Waals surface area contributed by atoms with E-state index in [2.05, 4.69) is 15.6 Å². The number of nitrogens with one attached hydrogen (secondary N) is 2. The first-order chi connectivity index (χ1) is 19.9. The highest BCUT2D eigenvalue weighted by Gasteiger charge is 2.45. The number of hydrogen-bond donors (Lipinski definition) is 3. The van der Waals surface area contributed by atoms with E-state index in [1.165, 1.54) is 23.1 Å². The molecule has 0 bridgehead atoms. The van der Waals surface area contributed by atoms with Crippen LogP contribution < -0.4 is 20.3 Å². The van der Waals surface area contributed by atoms with E-state index < -0.39 is 23.9 Å². The van der Waals surface area contributed by atoms with Crippen LogP contribution in [0.2, 0.25) is 0 Å². The number of anilines is 1. The van der Waals surface area contributed by atoms with Crippen molar-refractivity contribution in [2.45, 2.75) is 68.7 Å². The van der Waals surface area contributed by atoms with Crippen molar-refractivity contribution >= 4 is 17.5 Å². The Kier molecular flexibility index (Phi) is 7.73. The number of rotatable bonds is 9. The Morgan fingerprint density at radius 2 is 2.00 bits per heavy atom. The number of hydrogen-bond acceptors (Lipinski definition) is 6. The van der Waals surface area contributed by atoms with Gasteiger partial charge in [-0.2, -0.15) is 0 Å². The van der Waals surface area contributed by atoms with E-state index in [-0.39, 0.29) is 35.3 Å². The molecular weight excluding hydrogens is 523 g/mol. The first-order valence-corrected chi connectivity index (χ1v) is 14.4. The van der Waals surface area contributed by atoms with Gasteiger partial charge in [0.15, 0.2) is 0 Å². The molecule has 6 rings (SSSR count). The summed E-state index contributed by atoms with van der Waals surface area (Å²) in [7, 11) is 0. The molecule has 214 valence electrons. The quantitative estimate of drug-likeness (QED) is 0.366. The molecule has 1 saturated carbocycles. The lowest BCUT2D eigenvalue weighted by molar-refractivity contribution is -0.117. The summed E-state index contributed by atoms with van der Waals surface area (Å²) in [6.45, 7) is 0.672. The fraction of sp³-hybridized carbons (Fsp3) is 0.406. The van der Waals surface area contributed by atoms with Crippen molar-refractivity contribution in [3.05, 3.63) is 89.5 Å². The van der Waals surface area contributed by atoms with Gasteiger partial charge in [-0.15, -0.1) is 0 Å². The number of carbonyl (C=O) groups excluding carboxylic acids is 2. The van der Waals surface area contributed by atoms with Gasteiger partial charge in [0.25, 0.3) is 5.91 Å². The number of amides is 2. The Hall–Kier alpha value is -3.82. The second-order valence-electron chi connectivity index (χ2n) is 11.4. The smallest absolute Gasteiger partial charge is 0.251 e. The summed E-state index contributed by atoms with van der Waals surface area (Å²) in [6.07, 6.45) is 7.95. The fourth-order valence-corrected chi connectivity index (χ4v) is 6.15. The van der Waals surface area contributed by atoms with Crippen LogP contribution in [0.15, 0.2) is 67.0 Å². The number of aromatic nitrogens is 1. The molecule has 9 heteroatoms. The van der Waals surface area contributed by atoms with Crippen LogP contribution in [-0.4, -0.2) is 52.7 Å². The third-order valence-corrected chi connectivity index (χ3v) is 8.58. The molecular formula is C32H35FN4O4. The second-order valence-corrected chi connectivity index (χ2v) is 11.4. The first kappa shape index (κ1) is 27.4. The summed E-state index contributed by atoms with van der Waals surface area (Å²) in [5.41, 5.74) is 2.14. The number of carbonyl (C=O) groups is 2. The Morgan fingerprint density at radius 3 is 2.73 bits per heavy atom. The molecule has 3 heterocycles. The molecule has 1 aliphatic carbocycles. The number of halogens is 1. The van der Waals surface area contributed by atoms with Gasteiger partial charge in [-0.25, -0.2) is 4.39 Å². The molecule has 3 N–H and O–H groups in total. The number of nitrogens with zero attached hydrogens (tertiary/aromatic N) is 2. The van der Waals surface area contributed by atoms with Crippen molar-refractivity contribution in [3.8, 4) is 5.75 Å². The highest BCUT2D eigenvalue weighted by atomic mass is 19.1. The monoisotopic (exact) mass is 558 g/mol. The first-order valence-electron chi connectivity index (χ1n) is 14.4. The van der Waals surface area contributed by atoms with Gasteiger partial charge in [0.05, 0.1) is 24.0 Å². The summed E-state index contributed by atoms with van der Waals surface area (Å²) >= 11 is 0. The molecule has 1 spiro atoms. The molecule has 0 radical (unpaired) electrons. The van der Waals surface area contributed by atoms with E-state index in [0.717, 1.165) is 42.6 Å². The molecule has 2 fully saturated rings. The van der Waals surface area contributed by atoms with Gasteiger partial charge < -0.3 is 25.4 Å². The lowest BCUT2D eigenvalue weighted by Crippen LogP contribution is -2.52. The molecule has 3 aliphatic rings. The van der Waals surface area contributed by atoms with Gasteiger partial charge in [0.1, 0.15) is 17.2 Å². The van der Waals surface area contributed by atoms with Crippen LogP contribution >= 0.6 is 0 Å². The Morgan fingerprint density at radius 1 is 1.17 bits per heavy atom. The van der Waals surface area contributed by atoms with Crippen LogP contribution in [0, 0.1) is 5.82 Å². The number of pyridine rings is 1. The van der Waals surface area contributed by atoms with Crippen molar-refractivity contribution in [2.24, 2.45) is 0 Å². The lowest BCUT2D eigenvalue weighted by Gasteiger charge is -2.48. The van der Waals surface area contributed by atoms with Crippen molar-refractivity contribution in [3.63, 3.8) is 0 Å². The van der Waals surface area contributed by atoms with Gasteiger partial charge in [-0.1, -0.05) is 30.3 Å². The number of ether oxygens (including phenoxy) is 1. The van der Waals surface area contributed by atoms with E-state index in [1.807, 2.05) is 36.4 Å². The molecule has 0 unspecified atom stereocenters. The molecule has 2 aromatic carbocycles. The van der Waals surface area contributed by atoms with Crippen LogP contribution in [-0.2, 0) is 11.2 Å². The van der Waals surface area contributed by atoms with Gasteiger partial charge in [-0.3, -0.25) is 14.6 Å². The molecule has 3 atom stereocenters. The third kappa shape index (κ3) is 5.83. The maximum atomic E-state index is 14.6. The van der Waals surface area contributed by atoms with Crippen molar-refractivity contribution in [2.75, 3.05) is 18.0 Å². The number of fused-ring (bicyclic) bond motifs is 1. The molecule has 1 aromatic heterocycles.